The van der Waals surface area contributed by atoms with Crippen molar-refractivity contribution in [3.05, 3.63) is 51.5 Å². The summed E-state index contributed by atoms with van der Waals surface area (Å²) in [7, 11) is 0. The molecule has 0 aliphatic heterocycles. The fraction of sp³-hybridized carbons (Fsp3) is 0.214. The van der Waals surface area contributed by atoms with Crippen LogP contribution in [-0.4, -0.2) is 10.5 Å². The largest absolute Gasteiger partial charge is 0.340 e. The second-order valence-corrected chi connectivity index (χ2v) is 5.95. The fourth-order valence-corrected chi connectivity index (χ4v) is 2.44. The molecule has 20 heavy (non-hydrogen) atoms. The molecule has 2 aromatic rings. The van der Waals surface area contributed by atoms with Gasteiger partial charge in [-0.15, -0.1) is 0 Å². The smallest absolute Gasteiger partial charge is 0.272 e. The van der Waals surface area contributed by atoms with E-state index in [-0.39, 0.29) is 17.0 Å². The molecule has 1 aromatic heterocycles. The van der Waals surface area contributed by atoms with Gasteiger partial charge in [-0.25, -0.2) is 4.39 Å². The summed E-state index contributed by atoms with van der Waals surface area (Å²) in [5.74, 6) is -0.787. The predicted molar refractivity (Wildman–Crippen MR) is 81.9 cm³/mol. The molecule has 0 atom stereocenters. The van der Waals surface area contributed by atoms with Crippen LogP contribution in [0.1, 0.15) is 30.4 Å². The van der Waals surface area contributed by atoms with E-state index in [9.17, 15) is 9.18 Å². The molecule has 0 spiro atoms. The first-order valence-corrected chi connectivity index (χ1v) is 7.19. The third kappa shape index (κ3) is 3.22. The molecule has 0 bridgehead atoms. The molecule has 3 nitrogen and oxygen atoms in total. The third-order valence-corrected chi connectivity index (χ3v) is 3.50. The zero-order valence-electron chi connectivity index (χ0n) is 11.0. The lowest BCUT2D eigenvalue weighted by Gasteiger charge is -2.12. The molecule has 0 aliphatic carbocycles. The van der Waals surface area contributed by atoms with Gasteiger partial charge < -0.3 is 9.88 Å². The summed E-state index contributed by atoms with van der Waals surface area (Å²) in [5.41, 5.74) is 0.973. The SMILES string of the molecule is CC(C)n1cc(Br)cc1C(=O)Nc1ccc(F)c(Cl)c1. The molecule has 0 radical (unpaired) electrons. The first kappa shape index (κ1) is 15.1. The number of hydrogen-bond acceptors (Lipinski definition) is 1. The van der Waals surface area contributed by atoms with Crippen LogP contribution >= 0.6 is 27.5 Å². The summed E-state index contributed by atoms with van der Waals surface area (Å²) in [6.45, 7) is 3.97. The Morgan fingerprint density at radius 3 is 2.70 bits per heavy atom. The van der Waals surface area contributed by atoms with Crippen LogP contribution in [0.2, 0.25) is 5.02 Å². The van der Waals surface area contributed by atoms with E-state index in [1.165, 1.54) is 18.2 Å². The van der Waals surface area contributed by atoms with Crippen molar-refractivity contribution in [3.8, 4) is 0 Å². The summed E-state index contributed by atoms with van der Waals surface area (Å²) in [6, 6.07) is 5.96. The van der Waals surface area contributed by atoms with Crippen molar-refractivity contribution < 1.29 is 9.18 Å². The lowest BCUT2D eigenvalue weighted by Crippen LogP contribution is -2.17. The quantitative estimate of drug-likeness (QED) is 0.833. The third-order valence-electron chi connectivity index (χ3n) is 2.78. The van der Waals surface area contributed by atoms with Gasteiger partial charge in [0.05, 0.1) is 5.02 Å². The number of nitrogens with one attached hydrogen (secondary N) is 1. The van der Waals surface area contributed by atoms with Gasteiger partial charge in [-0.1, -0.05) is 11.6 Å². The van der Waals surface area contributed by atoms with Crippen LogP contribution in [0.25, 0.3) is 0 Å². The highest BCUT2D eigenvalue weighted by molar-refractivity contribution is 9.10. The number of anilines is 1. The van der Waals surface area contributed by atoms with Crippen LogP contribution in [0.5, 0.6) is 0 Å². The van der Waals surface area contributed by atoms with Crippen LogP contribution in [0, 0.1) is 5.82 Å². The van der Waals surface area contributed by atoms with Gasteiger partial charge in [0.25, 0.3) is 5.91 Å². The topological polar surface area (TPSA) is 34.0 Å². The number of benzene rings is 1. The predicted octanol–water partition coefficient (Wildman–Crippen LogP) is 4.88. The maximum atomic E-state index is 13.1. The van der Waals surface area contributed by atoms with E-state index < -0.39 is 5.82 Å². The first-order chi connectivity index (χ1) is 9.38. The van der Waals surface area contributed by atoms with Crippen LogP contribution in [-0.2, 0) is 0 Å². The Labute approximate surface area is 129 Å². The summed E-state index contributed by atoms with van der Waals surface area (Å²) < 4.78 is 15.8. The minimum absolute atomic E-state index is 0.0248. The molecule has 1 heterocycles. The van der Waals surface area contributed by atoms with Crippen LogP contribution in [0.3, 0.4) is 0 Å². The number of rotatable bonds is 3. The molecule has 6 heteroatoms. The van der Waals surface area contributed by atoms with Crippen molar-refractivity contribution in [3.63, 3.8) is 0 Å². The van der Waals surface area contributed by atoms with Crippen LogP contribution in [0.15, 0.2) is 34.9 Å². The molecular formula is C14H13BrClFN2O. The number of carbonyl (C=O) groups is 1. The normalized spacial score (nSPS) is 10.9. The Balaban J connectivity index is 2.26. The maximum absolute atomic E-state index is 13.1. The van der Waals surface area contributed by atoms with E-state index in [1.807, 2.05) is 24.6 Å². The van der Waals surface area contributed by atoms with Gasteiger partial charge in [0, 0.05) is 22.4 Å². The highest BCUT2D eigenvalue weighted by Gasteiger charge is 2.15. The number of halogens is 3. The van der Waals surface area contributed by atoms with E-state index >= 15 is 0 Å². The summed E-state index contributed by atoms with van der Waals surface area (Å²) in [4.78, 5) is 12.3. The van der Waals surface area contributed by atoms with E-state index in [0.717, 1.165) is 4.47 Å². The van der Waals surface area contributed by atoms with E-state index in [0.29, 0.717) is 11.4 Å². The second kappa shape index (κ2) is 5.97. The lowest BCUT2D eigenvalue weighted by atomic mass is 10.3. The Morgan fingerprint density at radius 1 is 1.40 bits per heavy atom. The molecule has 1 N–H and O–H groups in total. The van der Waals surface area contributed by atoms with Gasteiger partial charge >= 0.3 is 0 Å². The minimum atomic E-state index is -0.516. The maximum Gasteiger partial charge on any atom is 0.272 e. The molecule has 0 aliphatic rings. The van der Waals surface area contributed by atoms with Gasteiger partial charge in [-0.3, -0.25) is 4.79 Å². The summed E-state index contributed by atoms with van der Waals surface area (Å²) >= 11 is 9.04. The van der Waals surface area contributed by atoms with Gasteiger partial charge in [0.15, 0.2) is 0 Å². The van der Waals surface area contributed by atoms with Crippen molar-refractivity contribution >= 4 is 39.1 Å². The zero-order valence-corrected chi connectivity index (χ0v) is 13.3. The van der Waals surface area contributed by atoms with E-state index in [2.05, 4.69) is 21.2 Å². The molecule has 1 aromatic carbocycles. The van der Waals surface area contributed by atoms with Crippen molar-refractivity contribution in [1.82, 2.24) is 4.57 Å². The molecule has 0 fully saturated rings. The highest BCUT2D eigenvalue weighted by atomic mass is 79.9. The molecule has 2 rings (SSSR count). The molecule has 1 amide bonds. The molecule has 0 saturated heterocycles. The Hall–Kier alpha value is -1.33. The van der Waals surface area contributed by atoms with Gasteiger partial charge in [0.1, 0.15) is 11.5 Å². The second-order valence-electron chi connectivity index (χ2n) is 4.63. The van der Waals surface area contributed by atoms with Crippen molar-refractivity contribution in [2.75, 3.05) is 5.32 Å². The zero-order chi connectivity index (χ0) is 14.9. The molecule has 0 unspecified atom stereocenters. The fourth-order valence-electron chi connectivity index (χ4n) is 1.82. The number of nitrogens with zero attached hydrogens (tertiary/aromatic N) is 1. The van der Waals surface area contributed by atoms with Crippen molar-refractivity contribution in [2.24, 2.45) is 0 Å². The van der Waals surface area contributed by atoms with Crippen molar-refractivity contribution in [2.45, 2.75) is 19.9 Å². The minimum Gasteiger partial charge on any atom is -0.340 e. The monoisotopic (exact) mass is 358 g/mol. The van der Waals surface area contributed by atoms with Gasteiger partial charge in [0.2, 0.25) is 0 Å². The Morgan fingerprint density at radius 2 is 2.10 bits per heavy atom. The van der Waals surface area contributed by atoms with Crippen LogP contribution in [0.4, 0.5) is 10.1 Å². The number of carbonyl (C=O) groups excluding carboxylic acids is 1. The first-order valence-electron chi connectivity index (χ1n) is 6.02. The van der Waals surface area contributed by atoms with Gasteiger partial charge in [-0.2, -0.15) is 0 Å². The van der Waals surface area contributed by atoms with Crippen molar-refractivity contribution in [1.29, 1.82) is 0 Å². The van der Waals surface area contributed by atoms with E-state index in [1.54, 1.807) is 6.07 Å². The molecule has 106 valence electrons. The average molecular weight is 360 g/mol. The average Bonchev–Trinajstić information content (AvgIpc) is 2.76. The van der Waals surface area contributed by atoms with E-state index in [4.69, 9.17) is 11.6 Å². The summed E-state index contributed by atoms with van der Waals surface area (Å²) in [5, 5.41) is 2.68. The highest BCUT2D eigenvalue weighted by Crippen LogP contribution is 2.22. The number of amides is 1. The van der Waals surface area contributed by atoms with Crippen LogP contribution < -0.4 is 5.32 Å². The standard InChI is InChI=1S/C14H13BrClFN2O/c1-8(2)19-7-9(15)5-13(19)14(20)18-10-3-4-12(17)11(16)6-10/h3-8H,1-2H3,(H,18,20). The Kier molecular flexibility index (Phi) is 4.50. The Bertz CT molecular complexity index is 655. The number of aromatic nitrogens is 1. The lowest BCUT2D eigenvalue weighted by molar-refractivity contribution is 0.101. The molecule has 0 saturated carbocycles. The summed E-state index contributed by atoms with van der Waals surface area (Å²) in [6.07, 6.45) is 1.84. The van der Waals surface area contributed by atoms with Gasteiger partial charge in [-0.05, 0) is 54.0 Å². The number of hydrogen-bond donors (Lipinski definition) is 1. The molecular weight excluding hydrogens is 347 g/mol.